The number of aryl methyl sites for hydroxylation is 1. The molecule has 1 aliphatic heterocycles. The van der Waals surface area contributed by atoms with Gasteiger partial charge in [-0.25, -0.2) is 8.42 Å². The standard InChI is InChI=1S/C24H29N3O4S/c1-31-21-7-5-19(6-8-21)18-25-24(28)12-16-26-15-11-20-17-22(9-10-23(20)26)32(29,30)27-13-3-2-4-14-27/h5-11,15,17H,2-4,12-14,16,18H2,1H3,(H,25,28). The van der Waals surface area contributed by atoms with Crippen LogP contribution in [-0.4, -0.2) is 43.4 Å². The van der Waals surface area contributed by atoms with Gasteiger partial charge in [-0.15, -0.1) is 0 Å². The molecule has 4 rings (SSSR count). The number of hydrogen-bond donors (Lipinski definition) is 1. The first-order chi connectivity index (χ1) is 15.5. The number of carbonyl (C=O) groups excluding carboxylic acids is 1. The van der Waals surface area contributed by atoms with Crippen LogP contribution in [0.5, 0.6) is 5.75 Å². The fourth-order valence-corrected chi connectivity index (χ4v) is 5.60. The van der Waals surface area contributed by atoms with Gasteiger partial charge in [0.05, 0.1) is 12.0 Å². The number of rotatable bonds is 8. The molecule has 1 aromatic heterocycles. The second-order valence-electron chi connectivity index (χ2n) is 8.07. The second-order valence-corrected chi connectivity index (χ2v) is 10.0. The van der Waals surface area contributed by atoms with E-state index < -0.39 is 10.0 Å². The van der Waals surface area contributed by atoms with Crippen LogP contribution in [-0.2, 0) is 27.9 Å². The first-order valence-electron chi connectivity index (χ1n) is 11.0. The van der Waals surface area contributed by atoms with Crippen molar-refractivity contribution < 1.29 is 17.9 Å². The van der Waals surface area contributed by atoms with E-state index in [4.69, 9.17) is 4.74 Å². The highest BCUT2D eigenvalue weighted by atomic mass is 32.2. The highest BCUT2D eigenvalue weighted by Crippen LogP contribution is 2.25. The van der Waals surface area contributed by atoms with Crippen LogP contribution in [0.3, 0.4) is 0 Å². The van der Waals surface area contributed by atoms with Crippen molar-refractivity contribution in [3.8, 4) is 5.75 Å². The molecule has 1 saturated heterocycles. The van der Waals surface area contributed by atoms with Gasteiger partial charge in [-0.1, -0.05) is 18.6 Å². The lowest BCUT2D eigenvalue weighted by Crippen LogP contribution is -2.35. The van der Waals surface area contributed by atoms with Gasteiger partial charge < -0.3 is 14.6 Å². The van der Waals surface area contributed by atoms with Crippen molar-refractivity contribution in [1.82, 2.24) is 14.2 Å². The van der Waals surface area contributed by atoms with E-state index in [9.17, 15) is 13.2 Å². The summed E-state index contributed by atoms with van der Waals surface area (Å²) < 4.78 is 34.6. The molecule has 32 heavy (non-hydrogen) atoms. The van der Waals surface area contributed by atoms with Gasteiger partial charge in [0.25, 0.3) is 0 Å². The number of nitrogens with one attached hydrogen (secondary N) is 1. The Bertz CT molecular complexity index is 1180. The number of carbonyl (C=O) groups is 1. The number of benzene rings is 2. The molecule has 1 aliphatic rings. The molecule has 8 heteroatoms. The van der Waals surface area contributed by atoms with Gasteiger partial charge in [-0.2, -0.15) is 4.31 Å². The lowest BCUT2D eigenvalue weighted by molar-refractivity contribution is -0.121. The zero-order valence-corrected chi connectivity index (χ0v) is 19.1. The van der Waals surface area contributed by atoms with E-state index in [1.54, 1.807) is 23.5 Å². The summed E-state index contributed by atoms with van der Waals surface area (Å²) in [6, 6.07) is 14.7. The van der Waals surface area contributed by atoms with Crippen molar-refractivity contribution in [2.24, 2.45) is 0 Å². The first-order valence-corrected chi connectivity index (χ1v) is 12.4. The molecule has 7 nitrogen and oxygen atoms in total. The van der Waals surface area contributed by atoms with E-state index >= 15 is 0 Å². The van der Waals surface area contributed by atoms with Crippen LogP contribution in [0.15, 0.2) is 59.6 Å². The zero-order chi connectivity index (χ0) is 22.6. The maximum Gasteiger partial charge on any atom is 0.243 e. The molecular formula is C24H29N3O4S. The van der Waals surface area contributed by atoms with Crippen LogP contribution in [0.4, 0.5) is 0 Å². The van der Waals surface area contributed by atoms with Gasteiger partial charge in [0.15, 0.2) is 0 Å². The summed E-state index contributed by atoms with van der Waals surface area (Å²) in [4.78, 5) is 12.6. The molecule has 2 aromatic carbocycles. The highest BCUT2D eigenvalue weighted by Gasteiger charge is 2.26. The number of piperidine rings is 1. The smallest absolute Gasteiger partial charge is 0.243 e. The Balaban J connectivity index is 1.37. The molecule has 0 atom stereocenters. The SMILES string of the molecule is COc1ccc(CNC(=O)CCn2ccc3cc(S(=O)(=O)N4CCCCC4)ccc32)cc1. The molecule has 1 amide bonds. The number of sulfonamides is 1. The van der Waals surface area contributed by atoms with Crippen LogP contribution in [0.25, 0.3) is 10.9 Å². The Kier molecular flexibility index (Phi) is 6.81. The van der Waals surface area contributed by atoms with E-state index in [1.807, 2.05) is 47.2 Å². The Hall–Kier alpha value is -2.84. The van der Waals surface area contributed by atoms with Gasteiger partial charge in [0, 0.05) is 49.7 Å². The Labute approximate surface area is 189 Å². The number of hydrogen-bond acceptors (Lipinski definition) is 4. The molecule has 0 aliphatic carbocycles. The second kappa shape index (κ2) is 9.75. The van der Waals surface area contributed by atoms with E-state index in [-0.39, 0.29) is 5.91 Å². The van der Waals surface area contributed by atoms with Crippen LogP contribution in [0.1, 0.15) is 31.2 Å². The third kappa shape index (κ3) is 4.97. The van der Waals surface area contributed by atoms with Gasteiger partial charge in [0.1, 0.15) is 5.75 Å². The lowest BCUT2D eigenvalue weighted by Gasteiger charge is -2.25. The van der Waals surface area contributed by atoms with Crippen molar-refractivity contribution in [2.45, 2.75) is 43.7 Å². The van der Waals surface area contributed by atoms with E-state index in [2.05, 4.69) is 5.32 Å². The van der Waals surface area contributed by atoms with Crippen molar-refractivity contribution in [3.05, 3.63) is 60.3 Å². The lowest BCUT2D eigenvalue weighted by atomic mass is 10.2. The fourth-order valence-electron chi connectivity index (χ4n) is 4.04. The largest absolute Gasteiger partial charge is 0.497 e. The number of nitrogens with zero attached hydrogens (tertiary/aromatic N) is 2. The molecule has 2 heterocycles. The van der Waals surface area contributed by atoms with Gasteiger partial charge in [-0.05, 0) is 54.8 Å². The van der Waals surface area contributed by atoms with Crippen molar-refractivity contribution >= 4 is 26.8 Å². The van der Waals surface area contributed by atoms with Crippen molar-refractivity contribution in [2.75, 3.05) is 20.2 Å². The summed E-state index contributed by atoms with van der Waals surface area (Å²) in [7, 11) is -1.83. The minimum Gasteiger partial charge on any atom is -0.497 e. The summed E-state index contributed by atoms with van der Waals surface area (Å²) in [5.74, 6) is 0.749. The average molecular weight is 456 g/mol. The van der Waals surface area contributed by atoms with Gasteiger partial charge in [0.2, 0.25) is 15.9 Å². The molecule has 1 N–H and O–H groups in total. The molecular weight excluding hydrogens is 426 g/mol. The van der Waals surface area contributed by atoms with Gasteiger partial charge >= 0.3 is 0 Å². The van der Waals surface area contributed by atoms with Crippen LogP contribution in [0, 0.1) is 0 Å². The third-order valence-corrected chi connectivity index (χ3v) is 7.82. The quantitative estimate of drug-likeness (QED) is 0.564. The summed E-state index contributed by atoms with van der Waals surface area (Å²) in [6.45, 7) is 2.17. The maximum atomic E-state index is 12.9. The number of amides is 1. The number of aromatic nitrogens is 1. The third-order valence-electron chi connectivity index (χ3n) is 5.92. The topological polar surface area (TPSA) is 80.6 Å². The summed E-state index contributed by atoms with van der Waals surface area (Å²) >= 11 is 0. The Morgan fingerprint density at radius 2 is 1.78 bits per heavy atom. The van der Waals surface area contributed by atoms with Crippen LogP contribution >= 0.6 is 0 Å². The molecule has 3 aromatic rings. The van der Waals surface area contributed by atoms with E-state index in [1.165, 1.54) is 0 Å². The van der Waals surface area contributed by atoms with Crippen molar-refractivity contribution in [3.63, 3.8) is 0 Å². The normalized spacial score (nSPS) is 15.0. The average Bonchev–Trinajstić information content (AvgIpc) is 3.24. The number of ether oxygens (including phenoxy) is 1. The predicted octanol–water partition coefficient (Wildman–Crippen LogP) is 3.53. The molecule has 0 bridgehead atoms. The molecule has 1 fully saturated rings. The minimum absolute atomic E-state index is 0.0352. The number of methoxy groups -OCH3 is 1. The Morgan fingerprint density at radius 3 is 2.50 bits per heavy atom. The number of fused-ring (bicyclic) bond motifs is 1. The zero-order valence-electron chi connectivity index (χ0n) is 18.3. The molecule has 0 spiro atoms. The minimum atomic E-state index is -3.46. The molecule has 0 saturated carbocycles. The summed E-state index contributed by atoms with van der Waals surface area (Å²) in [5.41, 5.74) is 1.93. The fraction of sp³-hybridized carbons (Fsp3) is 0.375. The Morgan fingerprint density at radius 1 is 1.03 bits per heavy atom. The molecule has 0 radical (unpaired) electrons. The van der Waals surface area contributed by atoms with Gasteiger partial charge in [-0.3, -0.25) is 4.79 Å². The van der Waals surface area contributed by atoms with Crippen LogP contribution < -0.4 is 10.1 Å². The maximum absolute atomic E-state index is 12.9. The highest BCUT2D eigenvalue weighted by molar-refractivity contribution is 7.89. The monoisotopic (exact) mass is 455 g/mol. The first kappa shape index (κ1) is 22.4. The van der Waals surface area contributed by atoms with E-state index in [0.29, 0.717) is 37.5 Å². The van der Waals surface area contributed by atoms with Crippen molar-refractivity contribution in [1.29, 1.82) is 0 Å². The predicted molar refractivity (Wildman–Crippen MR) is 124 cm³/mol. The van der Waals surface area contributed by atoms with E-state index in [0.717, 1.165) is 41.5 Å². The summed E-state index contributed by atoms with van der Waals surface area (Å²) in [5, 5.41) is 3.80. The molecule has 0 unspecified atom stereocenters. The van der Waals surface area contributed by atoms with Crippen LogP contribution in [0.2, 0.25) is 0 Å². The molecule has 170 valence electrons. The summed E-state index contributed by atoms with van der Waals surface area (Å²) in [6.07, 6.45) is 5.16.